The fourth-order valence-electron chi connectivity index (χ4n) is 4.33. The summed E-state index contributed by atoms with van der Waals surface area (Å²) in [4.78, 5) is 36.0. The number of benzene rings is 2. The summed E-state index contributed by atoms with van der Waals surface area (Å²) in [5, 5.41) is 16.4. The van der Waals surface area contributed by atoms with Gasteiger partial charge in [-0.25, -0.2) is 4.79 Å². The van der Waals surface area contributed by atoms with Gasteiger partial charge in [-0.1, -0.05) is 72.8 Å². The molecule has 9 nitrogen and oxygen atoms in total. The molecule has 0 aliphatic heterocycles. The Hall–Kier alpha value is -5.39. The van der Waals surface area contributed by atoms with E-state index in [0.717, 1.165) is 31.8 Å². The molecule has 6 rings (SSSR count). The van der Waals surface area contributed by atoms with E-state index in [-0.39, 0.29) is 22.8 Å². The summed E-state index contributed by atoms with van der Waals surface area (Å²) in [5.41, 5.74) is 1.86. The Balaban J connectivity index is 0.000000387. The van der Waals surface area contributed by atoms with Gasteiger partial charge >= 0.3 is 5.97 Å². The number of amides is 1. The van der Waals surface area contributed by atoms with Crippen LogP contribution >= 0.6 is 27.3 Å². The molecule has 0 saturated heterocycles. The highest BCUT2D eigenvalue weighted by Crippen LogP contribution is 2.41. The monoisotopic (exact) mass is 789 g/mol. The van der Waals surface area contributed by atoms with Gasteiger partial charge in [0.05, 0.1) is 17.7 Å². The maximum Gasteiger partial charge on any atom is 0.339 e. The van der Waals surface area contributed by atoms with Crippen LogP contribution in [0, 0.1) is 0 Å². The number of carboxylic acid groups (broad SMARTS) is 1. The molecule has 0 bridgehead atoms. The molecule has 4 aromatic heterocycles. The highest BCUT2D eigenvalue weighted by molar-refractivity contribution is 9.10. The van der Waals surface area contributed by atoms with Gasteiger partial charge in [0.15, 0.2) is 28.6 Å². The number of ketones is 1. The van der Waals surface area contributed by atoms with Gasteiger partial charge in [-0.2, -0.15) is 0 Å². The predicted octanol–water partition coefficient (Wildman–Crippen LogP) is 11.1. The Bertz CT molecular complexity index is 2230. The third kappa shape index (κ3) is 11.1. The van der Waals surface area contributed by atoms with E-state index < -0.39 is 11.9 Å². The molecule has 0 aliphatic rings. The van der Waals surface area contributed by atoms with Crippen LogP contribution in [0.15, 0.2) is 103 Å². The summed E-state index contributed by atoms with van der Waals surface area (Å²) in [5.74, 6) is -0.437. The molecular weight excluding hydrogens is 746 g/mol. The van der Waals surface area contributed by atoms with Crippen LogP contribution in [0.5, 0.6) is 5.75 Å². The summed E-state index contributed by atoms with van der Waals surface area (Å²) in [6.45, 7) is 20.3. The number of Topliss-reactive ketones (excluding diaryl/α,β-unsaturated/α-hetero) is 1. The standard InChI is InChI=1S/C23H14BrNO6S.C9H10O2.C4H8.C3H6.C2H6/c1-29-16-9-13(24)6-12-8-17(31-20(12)16)21-19(23(27)28)14(10-32-21)25-22(26)18-7-11-4-2-3-5-15(11)30-18;1-4-8-6(2)5-9(11-8)7(3)10;1-3-4-2;1-3-2;1-2/h2-10H,1H3,(H,25,26)(H,27,28);4-5H,2H2,1,3H3;3-4H,1-2H3;3H,1H2,2H3;1-2H3/b;8-4+;4-3-;;. The Labute approximate surface area is 315 Å². The number of furan rings is 3. The third-order valence-electron chi connectivity index (χ3n) is 6.68. The van der Waals surface area contributed by atoms with E-state index in [4.69, 9.17) is 18.0 Å². The van der Waals surface area contributed by atoms with Gasteiger partial charge in [0, 0.05) is 32.8 Å². The molecule has 274 valence electrons. The largest absolute Gasteiger partial charge is 0.493 e. The Morgan fingerprint density at radius 1 is 0.923 bits per heavy atom. The summed E-state index contributed by atoms with van der Waals surface area (Å²) < 4.78 is 22.8. The van der Waals surface area contributed by atoms with Crippen molar-refractivity contribution in [3.05, 3.63) is 117 Å². The highest BCUT2D eigenvalue weighted by Gasteiger charge is 2.25. The average Bonchev–Trinajstić information content (AvgIpc) is 3.93. The van der Waals surface area contributed by atoms with Gasteiger partial charge in [-0.15, -0.1) is 17.9 Å². The normalized spacial score (nSPS) is 10.5. The molecule has 0 spiro atoms. The zero-order valence-corrected chi connectivity index (χ0v) is 33.0. The van der Waals surface area contributed by atoms with E-state index in [9.17, 15) is 19.5 Å². The van der Waals surface area contributed by atoms with Crippen LogP contribution in [0.3, 0.4) is 0 Å². The van der Waals surface area contributed by atoms with Gasteiger partial charge in [0.1, 0.15) is 22.3 Å². The molecule has 0 atom stereocenters. The quantitative estimate of drug-likeness (QED) is 0.126. The Kier molecular flexibility index (Phi) is 17.3. The molecule has 0 aliphatic carbocycles. The van der Waals surface area contributed by atoms with E-state index in [1.54, 1.807) is 47.9 Å². The van der Waals surface area contributed by atoms with Crippen LogP contribution < -0.4 is 20.7 Å². The molecule has 0 unspecified atom stereocenters. The van der Waals surface area contributed by atoms with Crippen LogP contribution in [0.25, 0.3) is 45.2 Å². The first-order valence-electron chi connectivity index (χ1n) is 16.2. The second-order valence-corrected chi connectivity index (χ2v) is 12.1. The number of hydrogen-bond acceptors (Lipinski definition) is 8. The summed E-state index contributed by atoms with van der Waals surface area (Å²) in [6.07, 6.45) is 7.54. The van der Waals surface area contributed by atoms with Crippen molar-refractivity contribution in [2.75, 3.05) is 12.4 Å². The number of thiophene rings is 1. The fraction of sp³-hybridized carbons (Fsp3) is 0.195. The minimum absolute atomic E-state index is 0.0588. The molecule has 11 heteroatoms. The lowest BCUT2D eigenvalue weighted by Gasteiger charge is -2.03. The number of aromatic carboxylic acids is 1. The number of rotatable bonds is 6. The van der Waals surface area contributed by atoms with Crippen molar-refractivity contribution in [2.45, 2.75) is 48.5 Å². The van der Waals surface area contributed by atoms with E-state index in [2.05, 4.69) is 34.4 Å². The maximum atomic E-state index is 12.7. The van der Waals surface area contributed by atoms with Gasteiger partial charge in [-0.3, -0.25) is 9.59 Å². The lowest BCUT2D eigenvalue weighted by Crippen LogP contribution is -2.15. The van der Waals surface area contributed by atoms with Crippen LogP contribution in [0.1, 0.15) is 79.9 Å². The summed E-state index contributed by atoms with van der Waals surface area (Å²) in [7, 11) is 1.53. The Morgan fingerprint density at radius 3 is 2.10 bits per heavy atom. The zero-order valence-electron chi connectivity index (χ0n) is 30.6. The second-order valence-electron chi connectivity index (χ2n) is 10.3. The SMILES string of the molecule is C/C=C\C.C=CC.C=c1cc(C(C)=O)o/c1=C/C.CC.COc1cc(Br)cc2cc(-c3scc(NC(=O)c4cc5ccccc5o4)c3C(=O)O)oc12. The van der Waals surface area contributed by atoms with Gasteiger partial charge in [0.2, 0.25) is 0 Å². The van der Waals surface area contributed by atoms with Gasteiger partial charge in [-0.05, 0) is 70.2 Å². The highest BCUT2D eigenvalue weighted by atomic mass is 79.9. The van der Waals surface area contributed by atoms with Crippen molar-refractivity contribution in [3.63, 3.8) is 0 Å². The molecule has 6 aromatic rings. The molecule has 52 heavy (non-hydrogen) atoms. The van der Waals surface area contributed by atoms with Crippen molar-refractivity contribution in [3.8, 4) is 16.4 Å². The molecule has 0 saturated carbocycles. The van der Waals surface area contributed by atoms with Crippen LogP contribution in [-0.2, 0) is 0 Å². The van der Waals surface area contributed by atoms with Gasteiger partial charge < -0.3 is 28.4 Å². The third-order valence-corrected chi connectivity index (χ3v) is 8.13. The lowest BCUT2D eigenvalue weighted by molar-refractivity contribution is 0.0699. The molecule has 2 N–H and O–H groups in total. The smallest absolute Gasteiger partial charge is 0.339 e. The van der Waals surface area contributed by atoms with Crippen molar-refractivity contribution in [1.29, 1.82) is 0 Å². The second kappa shape index (κ2) is 21.1. The van der Waals surface area contributed by atoms with Gasteiger partial charge in [0.25, 0.3) is 5.91 Å². The fourth-order valence-corrected chi connectivity index (χ4v) is 5.73. The molecule has 2 aromatic carbocycles. The van der Waals surface area contributed by atoms with Crippen LogP contribution in [0.4, 0.5) is 5.69 Å². The lowest BCUT2D eigenvalue weighted by atomic mass is 10.1. The number of halogens is 1. The van der Waals surface area contributed by atoms with Crippen molar-refractivity contribution in [1.82, 2.24) is 0 Å². The van der Waals surface area contributed by atoms with Crippen LogP contribution in [0.2, 0.25) is 0 Å². The number of carboxylic acids is 1. The van der Waals surface area contributed by atoms with Crippen molar-refractivity contribution >= 4 is 85.2 Å². The zero-order chi connectivity index (χ0) is 39.0. The number of nitrogens with one attached hydrogen (secondary N) is 1. The summed E-state index contributed by atoms with van der Waals surface area (Å²) >= 11 is 4.58. The molecule has 0 radical (unpaired) electrons. The van der Waals surface area contributed by atoms with E-state index >= 15 is 0 Å². The number of carbonyl (C=O) groups excluding carboxylic acids is 2. The minimum Gasteiger partial charge on any atom is -0.493 e. The predicted molar refractivity (Wildman–Crippen MR) is 216 cm³/mol. The number of fused-ring (bicyclic) bond motifs is 2. The molecular formula is C41H44BrNO8S. The first-order valence-corrected chi connectivity index (χ1v) is 17.9. The number of methoxy groups -OCH3 is 1. The number of ether oxygens (including phenoxy) is 1. The molecule has 0 fully saturated rings. The van der Waals surface area contributed by atoms with E-state index in [1.807, 2.05) is 78.0 Å². The number of carbonyl (C=O) groups is 3. The topological polar surface area (TPSA) is 132 Å². The molecule has 1 amide bonds. The number of anilines is 1. The van der Waals surface area contributed by atoms with E-state index in [0.29, 0.717) is 38.7 Å². The number of para-hydroxylation sites is 1. The number of allylic oxidation sites excluding steroid dienone is 3. The first-order chi connectivity index (χ1) is 24.9. The minimum atomic E-state index is -1.19. The molecule has 4 heterocycles. The summed E-state index contributed by atoms with van der Waals surface area (Å²) in [6, 6.07) is 15.9. The van der Waals surface area contributed by atoms with Crippen LogP contribution in [-0.4, -0.2) is 29.9 Å². The Morgan fingerprint density at radius 2 is 1.58 bits per heavy atom. The van der Waals surface area contributed by atoms with E-state index in [1.165, 1.54) is 14.0 Å². The van der Waals surface area contributed by atoms with Crippen molar-refractivity contribution < 1.29 is 37.5 Å². The maximum absolute atomic E-state index is 12.7. The first kappa shape index (κ1) is 42.8. The van der Waals surface area contributed by atoms with Crippen molar-refractivity contribution in [2.24, 2.45) is 0 Å². The number of hydrogen-bond donors (Lipinski definition) is 2. The average molecular weight is 791 g/mol.